The maximum absolute atomic E-state index is 13.9. The molecule has 0 saturated heterocycles. The number of nitrogen functional groups attached to an aromatic ring is 1. The summed E-state index contributed by atoms with van der Waals surface area (Å²) in [5.41, 5.74) is 7.93. The van der Waals surface area contributed by atoms with Gasteiger partial charge in [0.2, 0.25) is 5.91 Å². The molecule has 0 fully saturated rings. The molecule has 2 heterocycles. The van der Waals surface area contributed by atoms with Crippen molar-refractivity contribution in [3.8, 4) is 22.9 Å². The summed E-state index contributed by atoms with van der Waals surface area (Å²) >= 11 is 0. The number of carbonyl (C=O) groups excluding carboxylic acids is 1. The molecule has 212 valence electrons. The standard InChI is InChI=1S/C30H27N7O5/c1-34(30(40)41)17-7-12-25(38)35(2)21-8-6-9-22(18-21)37-28-26(27(31)32-19-33-28)36(29(37)39)20-13-15-24(16-14-20)42-23-10-4-3-5-11-23/h3-16,18-19H,17H2,1-2H3,(H,40,41)(H2,31,32,33)/b12-7+. The zero-order valence-electron chi connectivity index (χ0n) is 22.8. The van der Waals surface area contributed by atoms with Gasteiger partial charge in [0.1, 0.15) is 23.3 Å². The monoisotopic (exact) mass is 565 g/mol. The van der Waals surface area contributed by atoms with Crippen LogP contribution in [-0.4, -0.2) is 61.7 Å². The van der Waals surface area contributed by atoms with Crippen LogP contribution in [0.3, 0.4) is 0 Å². The average molecular weight is 566 g/mol. The Balaban J connectivity index is 1.50. The molecule has 42 heavy (non-hydrogen) atoms. The van der Waals surface area contributed by atoms with Crippen LogP contribution >= 0.6 is 0 Å². The van der Waals surface area contributed by atoms with E-state index in [2.05, 4.69) is 9.97 Å². The van der Waals surface area contributed by atoms with Crippen LogP contribution in [0.4, 0.5) is 16.3 Å². The first-order valence-corrected chi connectivity index (χ1v) is 12.8. The normalized spacial score (nSPS) is 11.1. The van der Waals surface area contributed by atoms with E-state index in [0.29, 0.717) is 39.7 Å². The fourth-order valence-electron chi connectivity index (χ4n) is 4.28. The van der Waals surface area contributed by atoms with E-state index in [1.807, 2.05) is 30.3 Å². The van der Waals surface area contributed by atoms with Crippen LogP contribution in [0.5, 0.6) is 11.5 Å². The number of nitrogens with zero attached hydrogens (tertiary/aromatic N) is 6. The summed E-state index contributed by atoms with van der Waals surface area (Å²) in [5.74, 6) is 1.03. The van der Waals surface area contributed by atoms with Gasteiger partial charge in [-0.15, -0.1) is 0 Å². The van der Waals surface area contributed by atoms with Crippen molar-refractivity contribution < 1.29 is 19.4 Å². The first-order chi connectivity index (χ1) is 20.2. The number of ether oxygens (including phenoxy) is 1. The number of hydrogen-bond acceptors (Lipinski definition) is 7. The molecule has 0 bridgehead atoms. The Hall–Kier alpha value is -5.91. The van der Waals surface area contributed by atoms with Gasteiger partial charge in [0, 0.05) is 32.4 Å². The maximum atomic E-state index is 13.9. The third-order valence-corrected chi connectivity index (χ3v) is 6.50. The highest BCUT2D eigenvalue weighted by Crippen LogP contribution is 2.27. The molecule has 0 spiro atoms. The fourth-order valence-corrected chi connectivity index (χ4v) is 4.28. The largest absolute Gasteiger partial charge is 0.465 e. The first kappa shape index (κ1) is 27.6. The van der Waals surface area contributed by atoms with Gasteiger partial charge in [-0.1, -0.05) is 30.3 Å². The zero-order chi connectivity index (χ0) is 29.8. The van der Waals surface area contributed by atoms with Gasteiger partial charge >= 0.3 is 11.8 Å². The number of aromatic nitrogens is 4. The second-order valence-electron chi connectivity index (χ2n) is 9.28. The highest BCUT2D eigenvalue weighted by Gasteiger charge is 2.21. The van der Waals surface area contributed by atoms with Crippen LogP contribution in [0.2, 0.25) is 0 Å². The number of fused-ring (bicyclic) bond motifs is 1. The minimum Gasteiger partial charge on any atom is -0.465 e. The number of rotatable bonds is 8. The van der Waals surface area contributed by atoms with E-state index in [9.17, 15) is 14.4 Å². The van der Waals surface area contributed by atoms with Gasteiger partial charge in [0.05, 0.1) is 11.4 Å². The van der Waals surface area contributed by atoms with Gasteiger partial charge in [0.15, 0.2) is 11.5 Å². The minimum absolute atomic E-state index is 0.0599. The van der Waals surface area contributed by atoms with Crippen molar-refractivity contribution in [3.63, 3.8) is 0 Å². The third kappa shape index (κ3) is 5.54. The highest BCUT2D eigenvalue weighted by molar-refractivity contribution is 6.01. The number of carboxylic acid groups (broad SMARTS) is 1. The number of carbonyl (C=O) groups is 2. The van der Waals surface area contributed by atoms with Crippen molar-refractivity contribution >= 4 is 34.7 Å². The predicted octanol–water partition coefficient (Wildman–Crippen LogP) is 4.07. The van der Waals surface area contributed by atoms with E-state index in [0.717, 1.165) is 4.90 Å². The van der Waals surface area contributed by atoms with Gasteiger partial charge in [-0.3, -0.25) is 9.36 Å². The number of benzene rings is 3. The Kier molecular flexibility index (Phi) is 7.69. The summed E-state index contributed by atoms with van der Waals surface area (Å²) in [6.07, 6.45) is 2.94. The Morgan fingerprint density at radius 1 is 0.929 bits per heavy atom. The maximum Gasteiger partial charge on any atom is 0.407 e. The number of nitrogens with two attached hydrogens (primary N) is 1. The molecular weight excluding hydrogens is 538 g/mol. The molecule has 0 aliphatic heterocycles. The molecule has 12 heteroatoms. The quantitative estimate of drug-likeness (QED) is 0.268. The summed E-state index contributed by atoms with van der Waals surface area (Å²) in [4.78, 5) is 48.5. The molecule has 0 unspecified atom stereocenters. The summed E-state index contributed by atoms with van der Waals surface area (Å²) in [6, 6.07) is 23.2. The first-order valence-electron chi connectivity index (χ1n) is 12.8. The van der Waals surface area contributed by atoms with Crippen molar-refractivity contribution in [1.29, 1.82) is 0 Å². The summed E-state index contributed by atoms with van der Waals surface area (Å²) in [6.45, 7) is 0.0599. The lowest BCUT2D eigenvalue weighted by Gasteiger charge is -2.17. The zero-order valence-corrected chi connectivity index (χ0v) is 22.8. The van der Waals surface area contributed by atoms with Crippen LogP contribution in [0.1, 0.15) is 0 Å². The fraction of sp³-hybridized carbons (Fsp3) is 0.100. The van der Waals surface area contributed by atoms with Gasteiger partial charge in [-0.2, -0.15) is 0 Å². The van der Waals surface area contributed by atoms with Crippen LogP contribution < -0.4 is 21.1 Å². The van der Waals surface area contributed by atoms with Crippen molar-refractivity contribution in [2.75, 3.05) is 31.3 Å². The molecule has 3 aromatic carbocycles. The van der Waals surface area contributed by atoms with Crippen molar-refractivity contribution in [2.45, 2.75) is 0 Å². The number of amides is 2. The molecule has 2 amide bonds. The molecule has 2 aromatic heterocycles. The molecule has 0 saturated carbocycles. The second-order valence-corrected chi connectivity index (χ2v) is 9.28. The van der Waals surface area contributed by atoms with E-state index in [4.69, 9.17) is 15.6 Å². The molecule has 0 radical (unpaired) electrons. The SMILES string of the molecule is CN(C/C=C/C(=O)N(C)c1cccc(-n2c(=O)n(-c3ccc(Oc4ccccc4)cc3)c3c(N)ncnc32)c1)C(=O)O. The molecule has 5 aromatic rings. The van der Waals surface area contributed by atoms with Gasteiger partial charge in [-0.05, 0) is 54.6 Å². The van der Waals surface area contributed by atoms with Crippen molar-refractivity contribution in [1.82, 2.24) is 24.0 Å². The average Bonchev–Trinajstić information content (AvgIpc) is 3.30. The van der Waals surface area contributed by atoms with Crippen molar-refractivity contribution in [3.05, 3.63) is 108 Å². The number of para-hydroxylation sites is 1. The lowest BCUT2D eigenvalue weighted by atomic mass is 10.2. The number of anilines is 2. The predicted molar refractivity (Wildman–Crippen MR) is 159 cm³/mol. The number of hydrogen-bond donors (Lipinski definition) is 2. The lowest BCUT2D eigenvalue weighted by molar-refractivity contribution is -0.113. The summed E-state index contributed by atoms with van der Waals surface area (Å²) in [5, 5.41) is 8.97. The minimum atomic E-state index is -1.10. The molecular formula is C30H27N7O5. The second kappa shape index (κ2) is 11.7. The molecule has 3 N–H and O–H groups in total. The molecule has 0 atom stereocenters. The number of imidazole rings is 1. The summed E-state index contributed by atoms with van der Waals surface area (Å²) < 4.78 is 8.71. The molecule has 12 nitrogen and oxygen atoms in total. The van der Waals surface area contributed by atoms with Crippen LogP contribution in [0.15, 0.2) is 102 Å². The Morgan fingerprint density at radius 3 is 2.36 bits per heavy atom. The topological polar surface area (TPSA) is 149 Å². The molecule has 5 rings (SSSR count). The Labute approximate surface area is 240 Å². The van der Waals surface area contributed by atoms with E-state index in [-0.39, 0.29) is 18.3 Å². The number of likely N-dealkylation sites (N-methyl/N-ethyl adjacent to an activating group) is 2. The van der Waals surface area contributed by atoms with Crippen LogP contribution in [-0.2, 0) is 4.79 Å². The van der Waals surface area contributed by atoms with E-state index in [1.54, 1.807) is 55.6 Å². The Morgan fingerprint density at radius 2 is 1.64 bits per heavy atom. The lowest BCUT2D eigenvalue weighted by Crippen LogP contribution is -2.27. The van der Waals surface area contributed by atoms with Gasteiger partial charge in [-0.25, -0.2) is 24.1 Å². The Bertz CT molecular complexity index is 1850. The van der Waals surface area contributed by atoms with Crippen LogP contribution in [0.25, 0.3) is 22.5 Å². The van der Waals surface area contributed by atoms with Gasteiger partial charge in [0.25, 0.3) is 0 Å². The van der Waals surface area contributed by atoms with E-state index >= 15 is 0 Å². The molecule has 0 aliphatic rings. The highest BCUT2D eigenvalue weighted by atomic mass is 16.5. The van der Waals surface area contributed by atoms with Gasteiger partial charge < -0.3 is 25.4 Å². The third-order valence-electron chi connectivity index (χ3n) is 6.50. The smallest absolute Gasteiger partial charge is 0.407 e. The van der Waals surface area contributed by atoms with Crippen molar-refractivity contribution in [2.24, 2.45) is 0 Å². The van der Waals surface area contributed by atoms with Crippen LogP contribution in [0, 0.1) is 0 Å². The van der Waals surface area contributed by atoms with E-state index < -0.39 is 11.8 Å². The van der Waals surface area contributed by atoms with E-state index in [1.165, 1.54) is 39.6 Å². The molecule has 0 aliphatic carbocycles. The summed E-state index contributed by atoms with van der Waals surface area (Å²) in [7, 11) is 2.99.